The van der Waals surface area contributed by atoms with Crippen LogP contribution in [0.15, 0.2) is 72.6 Å². The van der Waals surface area contributed by atoms with Crippen molar-refractivity contribution < 1.29 is 32.6 Å². The van der Waals surface area contributed by atoms with Crippen LogP contribution < -0.4 is 9.80 Å². The zero-order chi connectivity index (χ0) is 40.3. The number of esters is 1. The number of hydrogen-bond acceptors (Lipinski definition) is 9. The van der Waals surface area contributed by atoms with Crippen molar-refractivity contribution in [3.8, 4) is 11.1 Å². The Hall–Kier alpha value is -5.95. The van der Waals surface area contributed by atoms with Crippen LogP contribution in [0.2, 0.25) is 0 Å². The Morgan fingerprint density at radius 1 is 1.05 bits per heavy atom. The first-order valence-electron chi connectivity index (χ1n) is 19.1. The van der Waals surface area contributed by atoms with Gasteiger partial charge in [-0.25, -0.2) is 23.4 Å². The zero-order valence-electron chi connectivity index (χ0n) is 32.8. The summed E-state index contributed by atoms with van der Waals surface area (Å²) in [6.45, 7) is 9.32. The number of nitrogens with one attached hydrogen (secondary N) is 1. The number of nitrogens with zero attached hydrogens (tertiary/aromatic N) is 5. The number of H-pyrrole nitrogens is 1. The molecule has 2 saturated heterocycles. The molecule has 3 aliphatic rings. The molecule has 13 heteroatoms. The number of allylic oxidation sites excluding steroid dienone is 3. The van der Waals surface area contributed by atoms with Gasteiger partial charge in [0.2, 0.25) is 5.78 Å². The standard InChI is InChI=1S/C44H44F2N6O5/c1-7-25-13-14-28(42(54)56-23-24-11-9-8-10-12-24)40(53)29-17-27(19-47-37(25)29)30-20-48-41-35(39(30)52-16-15-26-21-50(5)22-33(26)52)34-36(46)31(45)18-32(38(34)49-41)51(6)43(55)57-44(2,3)4/h7-12,14,17-20,26,33H,13,15-16,21-23H2,1-6H3,(H,48,49)/b25-7-/t26-,33+/m1/s1. The molecule has 2 aliphatic heterocycles. The Labute approximate surface area is 329 Å². The third kappa shape index (κ3) is 6.83. The minimum Gasteiger partial charge on any atom is -0.457 e. The number of pyridine rings is 2. The van der Waals surface area contributed by atoms with E-state index < -0.39 is 35.1 Å². The van der Waals surface area contributed by atoms with Gasteiger partial charge in [0.1, 0.15) is 23.4 Å². The lowest BCUT2D eigenvalue weighted by molar-refractivity contribution is -0.139. The van der Waals surface area contributed by atoms with E-state index in [1.807, 2.05) is 43.3 Å². The molecule has 2 atom stereocenters. The van der Waals surface area contributed by atoms with E-state index >= 15 is 8.78 Å². The number of carbonyl (C=O) groups excluding carboxylic acids is 3. The van der Waals surface area contributed by atoms with Crippen molar-refractivity contribution in [2.24, 2.45) is 5.92 Å². The summed E-state index contributed by atoms with van der Waals surface area (Å²) >= 11 is 0. The predicted molar refractivity (Wildman–Crippen MR) is 215 cm³/mol. The van der Waals surface area contributed by atoms with Gasteiger partial charge in [0, 0.05) is 67.9 Å². The third-order valence-electron chi connectivity index (χ3n) is 11.1. The molecular weight excluding hydrogens is 731 g/mol. The number of halogens is 2. The summed E-state index contributed by atoms with van der Waals surface area (Å²) in [7, 11) is 3.51. The highest BCUT2D eigenvalue weighted by Crippen LogP contribution is 2.47. The number of aromatic amines is 1. The average molecular weight is 775 g/mol. The number of likely N-dealkylation sites (tertiary alicyclic amines) is 1. The maximum Gasteiger partial charge on any atom is 0.414 e. The largest absolute Gasteiger partial charge is 0.457 e. The molecule has 2 aromatic carbocycles. The van der Waals surface area contributed by atoms with Crippen molar-refractivity contribution in [2.75, 3.05) is 43.5 Å². The van der Waals surface area contributed by atoms with Crippen molar-refractivity contribution >= 4 is 56.7 Å². The lowest BCUT2D eigenvalue weighted by atomic mass is 9.95. The lowest BCUT2D eigenvalue weighted by Crippen LogP contribution is -2.35. The minimum absolute atomic E-state index is 0.00516. The number of hydrogen-bond donors (Lipinski definition) is 1. The topological polar surface area (TPSA) is 121 Å². The Bertz CT molecular complexity index is 2520. The molecule has 5 aromatic rings. The highest BCUT2D eigenvalue weighted by molar-refractivity contribution is 6.26. The Kier molecular flexibility index (Phi) is 9.67. The number of fused-ring (bicyclic) bond motifs is 5. The molecule has 1 aliphatic carbocycles. The van der Waals surface area contributed by atoms with E-state index in [0.29, 0.717) is 52.4 Å². The first-order valence-corrected chi connectivity index (χ1v) is 19.1. The Morgan fingerprint density at radius 2 is 1.82 bits per heavy atom. The summed E-state index contributed by atoms with van der Waals surface area (Å²) in [6.07, 6.45) is 7.19. The molecule has 11 nitrogen and oxygen atoms in total. The highest BCUT2D eigenvalue weighted by Gasteiger charge is 2.42. The van der Waals surface area contributed by atoms with Gasteiger partial charge >= 0.3 is 12.1 Å². The number of ether oxygens (including phenoxy) is 2. The summed E-state index contributed by atoms with van der Waals surface area (Å²) in [6, 6.07) is 12.0. The van der Waals surface area contributed by atoms with E-state index in [1.54, 1.807) is 45.3 Å². The number of carbonyl (C=O) groups is 3. The van der Waals surface area contributed by atoms with Crippen LogP contribution in [0.4, 0.5) is 25.0 Å². The average Bonchev–Trinajstić information content (AvgIpc) is 3.85. The van der Waals surface area contributed by atoms with Crippen LogP contribution in [0, 0.1) is 17.6 Å². The van der Waals surface area contributed by atoms with Gasteiger partial charge in [0.25, 0.3) is 0 Å². The van der Waals surface area contributed by atoms with Crippen molar-refractivity contribution in [2.45, 2.75) is 58.8 Å². The van der Waals surface area contributed by atoms with Crippen molar-refractivity contribution in [1.82, 2.24) is 19.9 Å². The fourth-order valence-electron chi connectivity index (χ4n) is 8.40. The van der Waals surface area contributed by atoms with Gasteiger partial charge in [-0.15, -0.1) is 0 Å². The molecule has 3 aromatic heterocycles. The second-order valence-electron chi connectivity index (χ2n) is 16.0. The fourth-order valence-corrected chi connectivity index (χ4v) is 8.40. The highest BCUT2D eigenvalue weighted by atomic mass is 19.2. The Balaban J connectivity index is 1.30. The van der Waals surface area contributed by atoms with Crippen molar-refractivity contribution in [3.05, 3.63) is 101 Å². The number of amides is 1. The molecule has 5 heterocycles. The molecule has 0 spiro atoms. The van der Waals surface area contributed by atoms with Gasteiger partial charge in [-0.2, -0.15) is 0 Å². The lowest BCUT2D eigenvalue weighted by Gasteiger charge is -2.29. The van der Waals surface area contributed by atoms with Gasteiger partial charge in [0.05, 0.1) is 33.4 Å². The zero-order valence-corrected chi connectivity index (χ0v) is 32.8. The van der Waals surface area contributed by atoms with Gasteiger partial charge in [-0.05, 0) is 70.7 Å². The molecule has 1 amide bonds. The van der Waals surface area contributed by atoms with Gasteiger partial charge in [-0.1, -0.05) is 42.5 Å². The molecule has 0 unspecified atom stereocenters. The van der Waals surface area contributed by atoms with E-state index in [2.05, 4.69) is 21.8 Å². The van der Waals surface area contributed by atoms with Crippen LogP contribution in [-0.2, 0) is 20.9 Å². The van der Waals surface area contributed by atoms with E-state index in [4.69, 9.17) is 19.4 Å². The molecule has 1 N–H and O–H groups in total. The van der Waals surface area contributed by atoms with Crippen LogP contribution >= 0.6 is 0 Å². The quantitative estimate of drug-likeness (QED) is 0.134. The minimum atomic E-state index is -1.14. The summed E-state index contributed by atoms with van der Waals surface area (Å²) in [5.74, 6) is -3.16. The van der Waals surface area contributed by atoms with Crippen molar-refractivity contribution in [1.29, 1.82) is 0 Å². The number of Topliss-reactive ketones (excluding diaryl/α,β-unsaturated/α-hetero) is 1. The molecule has 8 rings (SSSR count). The fraction of sp³-hybridized carbons (Fsp3) is 0.341. The van der Waals surface area contributed by atoms with Crippen LogP contribution in [0.5, 0.6) is 0 Å². The Morgan fingerprint density at radius 3 is 2.56 bits per heavy atom. The number of benzene rings is 2. The molecule has 0 bridgehead atoms. The first kappa shape index (κ1) is 37.9. The smallest absolute Gasteiger partial charge is 0.414 e. The molecule has 2 fully saturated rings. The maximum atomic E-state index is 16.4. The normalized spacial score (nSPS) is 19.2. The number of aromatic nitrogens is 3. The molecule has 0 saturated carbocycles. The SMILES string of the molecule is C/C=C1/CC=C(C(=O)OCc2ccccc2)C(=O)c2cc(-c3cnc4[nH]c5c(N(C)C(=O)OC(C)(C)C)cc(F)c(F)c5c4c3N3CC[C@@H]4CN(C)C[C@@H]43)cnc21. The molecule has 294 valence electrons. The monoisotopic (exact) mass is 774 g/mol. The third-order valence-corrected chi connectivity index (χ3v) is 11.1. The summed E-state index contributed by atoms with van der Waals surface area (Å²) in [5, 5.41) is 0.282. The maximum absolute atomic E-state index is 16.4. The number of anilines is 2. The first-order chi connectivity index (χ1) is 27.2. The van der Waals surface area contributed by atoms with Crippen LogP contribution in [0.3, 0.4) is 0 Å². The van der Waals surface area contributed by atoms with E-state index in [9.17, 15) is 14.4 Å². The number of rotatable bonds is 6. The second kappa shape index (κ2) is 14.5. The van der Waals surface area contributed by atoms with Gasteiger partial charge in [-0.3, -0.25) is 14.7 Å². The van der Waals surface area contributed by atoms with Crippen LogP contribution in [0.1, 0.15) is 62.2 Å². The molecular formula is C44H44F2N6O5. The van der Waals surface area contributed by atoms with Crippen LogP contribution in [-0.4, -0.2) is 83.1 Å². The van der Waals surface area contributed by atoms with Gasteiger partial charge in [0.15, 0.2) is 11.6 Å². The molecule has 0 radical (unpaired) electrons. The number of likely N-dealkylation sites (N-methyl/N-ethyl adjacent to an activating group) is 1. The number of ketones is 1. The molecule has 57 heavy (non-hydrogen) atoms. The second-order valence-corrected chi connectivity index (χ2v) is 16.0. The summed E-state index contributed by atoms with van der Waals surface area (Å²) < 4.78 is 43.3. The predicted octanol–water partition coefficient (Wildman–Crippen LogP) is 8.23. The van der Waals surface area contributed by atoms with E-state index in [0.717, 1.165) is 41.6 Å². The van der Waals surface area contributed by atoms with E-state index in [1.165, 1.54) is 7.05 Å². The summed E-state index contributed by atoms with van der Waals surface area (Å²) in [4.78, 5) is 59.4. The summed E-state index contributed by atoms with van der Waals surface area (Å²) in [5.41, 5.74) is 3.50. The van der Waals surface area contributed by atoms with Gasteiger partial charge < -0.3 is 24.3 Å². The van der Waals surface area contributed by atoms with E-state index in [-0.39, 0.29) is 40.4 Å². The van der Waals surface area contributed by atoms with Crippen LogP contribution in [0.25, 0.3) is 38.6 Å². The van der Waals surface area contributed by atoms with Crippen molar-refractivity contribution in [3.63, 3.8) is 0 Å².